The molecular weight excluding hydrogens is 306 g/mol. The summed E-state index contributed by atoms with van der Waals surface area (Å²) in [5.74, 6) is -0.0815. The van der Waals surface area contributed by atoms with Gasteiger partial charge in [0.1, 0.15) is 5.54 Å². The van der Waals surface area contributed by atoms with E-state index in [0.717, 1.165) is 25.7 Å². The first-order valence-electron chi connectivity index (χ1n) is 9.02. The number of carbonyl (C=O) groups is 2. The number of hydrogen-bond acceptors (Lipinski definition) is 4. The highest BCUT2D eigenvalue weighted by Crippen LogP contribution is 2.28. The van der Waals surface area contributed by atoms with Crippen LogP contribution < -0.4 is 5.32 Å². The summed E-state index contributed by atoms with van der Waals surface area (Å²) in [6.07, 6.45) is 3.50. The Kier molecular flexibility index (Phi) is 6.44. The zero-order chi connectivity index (χ0) is 17.6. The van der Waals surface area contributed by atoms with Gasteiger partial charge >= 0.3 is 6.03 Å². The molecule has 3 amide bonds. The van der Waals surface area contributed by atoms with Crippen LogP contribution in [0.3, 0.4) is 0 Å². The summed E-state index contributed by atoms with van der Waals surface area (Å²) in [6.45, 7) is 8.38. The lowest BCUT2D eigenvalue weighted by Gasteiger charge is -2.37. The van der Waals surface area contributed by atoms with Crippen LogP contribution in [0, 0.1) is 11.3 Å². The maximum Gasteiger partial charge on any atom is 0.320 e. The highest BCUT2D eigenvalue weighted by atomic mass is 16.2. The van der Waals surface area contributed by atoms with Gasteiger partial charge in [-0.25, -0.2) is 4.79 Å². The van der Waals surface area contributed by atoms with Crippen LogP contribution in [-0.4, -0.2) is 78.0 Å². The lowest BCUT2D eigenvalue weighted by Crippen LogP contribution is -2.55. The van der Waals surface area contributed by atoms with Gasteiger partial charge < -0.3 is 15.1 Å². The normalized spacial score (nSPS) is 20.5. The van der Waals surface area contributed by atoms with Crippen LogP contribution in [0.4, 0.5) is 4.79 Å². The maximum absolute atomic E-state index is 12.3. The van der Waals surface area contributed by atoms with Crippen molar-refractivity contribution in [3.05, 3.63) is 0 Å². The van der Waals surface area contributed by atoms with Gasteiger partial charge in [-0.15, -0.1) is 0 Å². The van der Waals surface area contributed by atoms with Gasteiger partial charge in [0.05, 0.1) is 12.6 Å². The number of carbonyl (C=O) groups excluding carboxylic acids is 2. The monoisotopic (exact) mass is 335 g/mol. The molecule has 0 unspecified atom stereocenters. The Hall–Kier alpha value is -1.81. The van der Waals surface area contributed by atoms with Crippen molar-refractivity contribution in [3.63, 3.8) is 0 Å². The third-order valence-electron chi connectivity index (χ3n) is 5.09. The average molecular weight is 335 g/mol. The number of hydrogen-bond donors (Lipinski definition) is 1. The van der Waals surface area contributed by atoms with Crippen molar-refractivity contribution in [1.82, 2.24) is 20.0 Å². The average Bonchev–Trinajstić information content (AvgIpc) is 3.05. The molecule has 0 aromatic rings. The van der Waals surface area contributed by atoms with E-state index in [2.05, 4.69) is 16.3 Å². The van der Waals surface area contributed by atoms with Crippen LogP contribution in [0.1, 0.15) is 39.5 Å². The second-order valence-corrected chi connectivity index (χ2v) is 6.67. The zero-order valence-corrected chi connectivity index (χ0v) is 14.9. The maximum atomic E-state index is 12.3. The quantitative estimate of drug-likeness (QED) is 0.813. The molecule has 134 valence electrons. The minimum absolute atomic E-state index is 0.0815. The summed E-state index contributed by atoms with van der Waals surface area (Å²) in [7, 11) is 0. The summed E-state index contributed by atoms with van der Waals surface area (Å²) < 4.78 is 0. The fourth-order valence-corrected chi connectivity index (χ4v) is 3.54. The largest absolute Gasteiger partial charge is 0.337 e. The fraction of sp³-hybridized carbons (Fsp3) is 0.824. The van der Waals surface area contributed by atoms with E-state index in [0.29, 0.717) is 45.8 Å². The van der Waals surface area contributed by atoms with Gasteiger partial charge in [-0.2, -0.15) is 5.26 Å². The Morgan fingerprint density at radius 3 is 2.21 bits per heavy atom. The fourth-order valence-electron chi connectivity index (χ4n) is 3.54. The van der Waals surface area contributed by atoms with E-state index in [-0.39, 0.29) is 11.9 Å². The topological polar surface area (TPSA) is 79.7 Å². The van der Waals surface area contributed by atoms with E-state index in [1.54, 1.807) is 0 Å². The molecule has 1 saturated heterocycles. The summed E-state index contributed by atoms with van der Waals surface area (Å²) in [6, 6.07) is 2.37. The van der Waals surface area contributed by atoms with Crippen molar-refractivity contribution in [2.75, 3.05) is 45.8 Å². The first kappa shape index (κ1) is 18.5. The second-order valence-electron chi connectivity index (χ2n) is 6.67. The van der Waals surface area contributed by atoms with E-state index < -0.39 is 5.54 Å². The van der Waals surface area contributed by atoms with Crippen LogP contribution in [-0.2, 0) is 4.79 Å². The SMILES string of the molecule is CCN(CC)C(=O)N1CCN(CC(=O)NC2(C#N)CCCC2)CC1. The molecule has 0 aromatic heterocycles. The van der Waals surface area contributed by atoms with Gasteiger partial charge in [-0.05, 0) is 39.5 Å². The summed E-state index contributed by atoms with van der Waals surface area (Å²) in [5.41, 5.74) is -0.655. The van der Waals surface area contributed by atoms with Crippen molar-refractivity contribution in [2.24, 2.45) is 0 Å². The highest BCUT2D eigenvalue weighted by molar-refractivity contribution is 5.79. The Balaban J connectivity index is 1.77. The van der Waals surface area contributed by atoms with Gasteiger partial charge in [0.15, 0.2) is 0 Å². The van der Waals surface area contributed by atoms with Gasteiger partial charge in [-0.3, -0.25) is 9.69 Å². The number of nitrogens with one attached hydrogen (secondary N) is 1. The van der Waals surface area contributed by atoms with Crippen molar-refractivity contribution < 1.29 is 9.59 Å². The molecule has 0 bridgehead atoms. The first-order valence-corrected chi connectivity index (χ1v) is 9.02. The van der Waals surface area contributed by atoms with Crippen molar-refractivity contribution in [2.45, 2.75) is 45.1 Å². The molecule has 1 N–H and O–H groups in total. The molecule has 1 saturated carbocycles. The van der Waals surface area contributed by atoms with Gasteiger partial charge in [0.2, 0.25) is 5.91 Å². The zero-order valence-electron chi connectivity index (χ0n) is 14.9. The molecule has 0 radical (unpaired) electrons. The highest BCUT2D eigenvalue weighted by Gasteiger charge is 2.35. The van der Waals surface area contributed by atoms with E-state index >= 15 is 0 Å². The predicted molar refractivity (Wildman–Crippen MR) is 91.3 cm³/mol. The minimum atomic E-state index is -0.655. The minimum Gasteiger partial charge on any atom is -0.337 e. The number of urea groups is 1. The Bertz CT molecular complexity index is 484. The van der Waals surface area contributed by atoms with Gasteiger partial charge in [0.25, 0.3) is 0 Å². The van der Waals surface area contributed by atoms with E-state index in [1.165, 1.54) is 0 Å². The number of rotatable bonds is 5. The van der Waals surface area contributed by atoms with Crippen molar-refractivity contribution >= 4 is 11.9 Å². The molecule has 7 nitrogen and oxygen atoms in total. The summed E-state index contributed by atoms with van der Waals surface area (Å²) >= 11 is 0. The second kappa shape index (κ2) is 8.34. The van der Waals surface area contributed by atoms with Gasteiger partial charge in [0, 0.05) is 39.3 Å². The Labute approximate surface area is 144 Å². The Morgan fingerprint density at radius 2 is 1.71 bits per heavy atom. The summed E-state index contributed by atoms with van der Waals surface area (Å²) in [4.78, 5) is 30.3. The molecule has 2 aliphatic rings. The molecule has 1 aliphatic heterocycles. The first-order chi connectivity index (χ1) is 11.5. The lowest BCUT2D eigenvalue weighted by molar-refractivity contribution is -0.123. The number of nitrogens with zero attached hydrogens (tertiary/aromatic N) is 4. The van der Waals surface area contributed by atoms with Crippen LogP contribution in [0.15, 0.2) is 0 Å². The number of piperazine rings is 1. The summed E-state index contributed by atoms with van der Waals surface area (Å²) in [5, 5.41) is 12.3. The molecule has 2 rings (SSSR count). The lowest BCUT2D eigenvalue weighted by atomic mass is 10.00. The van der Waals surface area contributed by atoms with E-state index in [9.17, 15) is 14.9 Å². The third-order valence-corrected chi connectivity index (χ3v) is 5.09. The van der Waals surface area contributed by atoms with E-state index in [4.69, 9.17) is 0 Å². The molecule has 0 spiro atoms. The molecule has 1 heterocycles. The predicted octanol–water partition coefficient (Wildman–Crippen LogP) is 1.02. The van der Waals surface area contributed by atoms with Crippen LogP contribution in [0.2, 0.25) is 0 Å². The number of amides is 3. The Morgan fingerprint density at radius 1 is 1.12 bits per heavy atom. The molecular formula is C17H29N5O2. The van der Waals surface area contributed by atoms with Crippen LogP contribution in [0.5, 0.6) is 0 Å². The van der Waals surface area contributed by atoms with Gasteiger partial charge in [-0.1, -0.05) is 0 Å². The van der Waals surface area contributed by atoms with Crippen molar-refractivity contribution in [3.8, 4) is 6.07 Å². The standard InChI is InChI=1S/C17H29N5O2/c1-3-21(4-2)16(24)22-11-9-20(10-12-22)13-15(23)19-17(14-18)7-5-6-8-17/h3-13H2,1-2H3,(H,19,23). The molecule has 0 aromatic carbocycles. The van der Waals surface area contributed by atoms with E-state index in [1.807, 2.05) is 23.6 Å². The molecule has 2 fully saturated rings. The smallest absolute Gasteiger partial charge is 0.320 e. The molecule has 7 heteroatoms. The van der Waals surface area contributed by atoms with Crippen LogP contribution >= 0.6 is 0 Å². The molecule has 24 heavy (non-hydrogen) atoms. The number of nitriles is 1. The third kappa shape index (κ3) is 4.38. The molecule has 0 atom stereocenters. The van der Waals surface area contributed by atoms with Crippen molar-refractivity contribution in [1.29, 1.82) is 5.26 Å². The molecule has 1 aliphatic carbocycles. The van der Waals surface area contributed by atoms with Crippen LogP contribution in [0.25, 0.3) is 0 Å².